The fraction of sp³-hybridized carbons (Fsp3) is 0.400. The summed E-state index contributed by atoms with van der Waals surface area (Å²) >= 11 is 0. The zero-order valence-electron chi connectivity index (χ0n) is 17.3. The van der Waals surface area contributed by atoms with Crippen molar-refractivity contribution in [1.29, 1.82) is 0 Å². The van der Waals surface area contributed by atoms with E-state index in [1.165, 1.54) is 16.8 Å². The summed E-state index contributed by atoms with van der Waals surface area (Å²) in [6.07, 6.45) is 0.630. The molecule has 33 heavy (non-hydrogen) atoms. The lowest BCUT2D eigenvalue weighted by atomic mass is 10.1. The molecule has 3 aromatic heterocycles. The molecular formula is C20H20F4N6O3. The number of fused-ring (bicyclic) bond motifs is 1. The number of amides is 1. The number of nitrogens with one attached hydrogen (secondary N) is 1. The molecule has 0 aliphatic carbocycles. The van der Waals surface area contributed by atoms with Crippen molar-refractivity contribution in [2.45, 2.75) is 44.1 Å². The van der Waals surface area contributed by atoms with Crippen molar-refractivity contribution in [3.8, 4) is 5.75 Å². The number of alkyl halides is 3. The fourth-order valence-corrected chi connectivity index (χ4v) is 3.79. The number of halogens is 4. The van der Waals surface area contributed by atoms with Crippen LogP contribution >= 0.6 is 0 Å². The number of aliphatic hydroxyl groups excluding tert-OH is 1. The highest BCUT2D eigenvalue weighted by atomic mass is 19.4. The fourth-order valence-electron chi connectivity index (χ4n) is 3.79. The molecule has 3 aromatic rings. The zero-order valence-corrected chi connectivity index (χ0v) is 17.3. The second-order valence-corrected chi connectivity index (χ2v) is 7.63. The Balaban J connectivity index is 1.63. The van der Waals surface area contributed by atoms with Crippen LogP contribution in [0, 0.1) is 5.82 Å². The minimum absolute atomic E-state index is 0.0852. The Hall–Kier alpha value is -3.48. The van der Waals surface area contributed by atoms with E-state index in [0.29, 0.717) is 24.2 Å². The van der Waals surface area contributed by atoms with Crippen molar-refractivity contribution in [3.05, 3.63) is 48.3 Å². The van der Waals surface area contributed by atoms with E-state index in [1.807, 2.05) is 4.90 Å². The molecule has 176 valence electrons. The number of hydrogen-bond acceptors (Lipinski definition) is 7. The first-order valence-corrected chi connectivity index (χ1v) is 10.1. The van der Waals surface area contributed by atoms with E-state index in [1.54, 1.807) is 17.6 Å². The molecule has 4 rings (SSSR count). The summed E-state index contributed by atoms with van der Waals surface area (Å²) in [5.41, 5.74) is 0.695. The van der Waals surface area contributed by atoms with Crippen molar-refractivity contribution < 1.29 is 32.2 Å². The monoisotopic (exact) mass is 468 g/mol. The lowest BCUT2D eigenvalue weighted by Crippen LogP contribution is -2.44. The number of aromatic nitrogens is 4. The zero-order chi connectivity index (χ0) is 23.8. The lowest BCUT2D eigenvalue weighted by molar-refractivity contribution is -0.149. The van der Waals surface area contributed by atoms with Gasteiger partial charge in [0.05, 0.1) is 31.1 Å². The van der Waals surface area contributed by atoms with Crippen LogP contribution in [0.2, 0.25) is 0 Å². The first-order chi connectivity index (χ1) is 15.7. The molecule has 1 aliphatic rings. The molecule has 4 heterocycles. The van der Waals surface area contributed by atoms with E-state index < -0.39 is 24.1 Å². The summed E-state index contributed by atoms with van der Waals surface area (Å²) in [7, 11) is 0. The minimum atomic E-state index is -4.62. The maximum Gasteiger partial charge on any atom is 0.413 e. The lowest BCUT2D eigenvalue weighted by Gasteiger charge is -2.30. The highest BCUT2D eigenvalue weighted by molar-refractivity contribution is 5.73. The third kappa shape index (κ3) is 4.67. The molecule has 3 atom stereocenters. The van der Waals surface area contributed by atoms with Crippen LogP contribution < -0.4 is 15.0 Å². The molecule has 0 saturated carbocycles. The van der Waals surface area contributed by atoms with Gasteiger partial charge in [-0.25, -0.2) is 18.7 Å². The third-order valence-corrected chi connectivity index (χ3v) is 5.44. The van der Waals surface area contributed by atoms with Crippen LogP contribution in [0.5, 0.6) is 5.75 Å². The standard InChI is InChI=1S/C20H20F4N6O3/c1-11(20(22,23)24)27-19(32)33-16-9-26-29-5-4-17(28-18(16)29)30-14(10-31)2-3-15(30)12-6-13(21)8-25-7-12/h4-9,11,14-15,31H,2-3,10H2,1H3,(H,27,32)/t11-,14-,15+/m0/s1. The Morgan fingerprint density at radius 2 is 2.12 bits per heavy atom. The number of rotatable bonds is 5. The topological polar surface area (TPSA) is 105 Å². The van der Waals surface area contributed by atoms with E-state index in [0.717, 1.165) is 19.3 Å². The van der Waals surface area contributed by atoms with Crippen LogP contribution in [-0.4, -0.2) is 55.6 Å². The van der Waals surface area contributed by atoms with E-state index >= 15 is 0 Å². The first kappa shape index (κ1) is 22.7. The smallest absolute Gasteiger partial charge is 0.405 e. The number of pyridine rings is 1. The number of carbonyl (C=O) groups excluding carboxylic acids is 1. The Morgan fingerprint density at radius 3 is 2.82 bits per heavy atom. The normalized spacial score (nSPS) is 19.6. The van der Waals surface area contributed by atoms with Gasteiger partial charge >= 0.3 is 12.3 Å². The Bertz CT molecular complexity index is 1150. The van der Waals surface area contributed by atoms with Crippen LogP contribution in [0.15, 0.2) is 36.9 Å². The van der Waals surface area contributed by atoms with Gasteiger partial charge < -0.3 is 20.1 Å². The largest absolute Gasteiger partial charge is 0.413 e. The Kier molecular flexibility index (Phi) is 6.06. The molecule has 2 N–H and O–H groups in total. The molecular weight excluding hydrogens is 448 g/mol. The highest BCUT2D eigenvalue weighted by Gasteiger charge is 2.38. The van der Waals surface area contributed by atoms with Crippen molar-refractivity contribution in [1.82, 2.24) is 24.9 Å². The van der Waals surface area contributed by atoms with Crippen LogP contribution in [0.4, 0.5) is 28.2 Å². The maximum absolute atomic E-state index is 13.8. The van der Waals surface area contributed by atoms with Crippen LogP contribution in [-0.2, 0) is 0 Å². The van der Waals surface area contributed by atoms with Crippen molar-refractivity contribution in [3.63, 3.8) is 0 Å². The molecule has 9 nitrogen and oxygen atoms in total. The average molecular weight is 468 g/mol. The summed E-state index contributed by atoms with van der Waals surface area (Å²) in [6.45, 7) is 0.615. The van der Waals surface area contributed by atoms with E-state index in [9.17, 15) is 27.5 Å². The molecule has 0 radical (unpaired) electrons. The number of anilines is 1. The van der Waals surface area contributed by atoms with Crippen LogP contribution in [0.1, 0.15) is 31.4 Å². The van der Waals surface area contributed by atoms with Gasteiger partial charge in [0, 0.05) is 12.4 Å². The first-order valence-electron chi connectivity index (χ1n) is 10.1. The van der Waals surface area contributed by atoms with Crippen LogP contribution in [0.3, 0.4) is 0 Å². The number of carbonyl (C=O) groups is 1. The number of hydrogen-bond donors (Lipinski definition) is 2. The molecule has 1 saturated heterocycles. The molecule has 1 aliphatic heterocycles. The quantitative estimate of drug-likeness (QED) is 0.555. The minimum Gasteiger partial charge on any atom is -0.405 e. The van der Waals surface area contributed by atoms with Gasteiger partial charge in [0.1, 0.15) is 17.7 Å². The average Bonchev–Trinajstić information content (AvgIpc) is 3.36. The predicted molar refractivity (Wildman–Crippen MR) is 107 cm³/mol. The van der Waals surface area contributed by atoms with Gasteiger partial charge in [0.25, 0.3) is 0 Å². The second kappa shape index (κ2) is 8.81. The molecule has 0 bridgehead atoms. The second-order valence-electron chi connectivity index (χ2n) is 7.63. The Morgan fingerprint density at radius 1 is 1.33 bits per heavy atom. The van der Waals surface area contributed by atoms with E-state index in [4.69, 9.17) is 4.74 Å². The van der Waals surface area contributed by atoms with Gasteiger partial charge in [-0.05, 0) is 37.5 Å². The molecule has 13 heteroatoms. The van der Waals surface area contributed by atoms with E-state index in [-0.39, 0.29) is 30.1 Å². The summed E-state index contributed by atoms with van der Waals surface area (Å²) in [6, 6.07) is 0.261. The van der Waals surface area contributed by atoms with Gasteiger partial charge in [-0.2, -0.15) is 18.3 Å². The molecule has 0 aromatic carbocycles. The molecule has 1 amide bonds. The maximum atomic E-state index is 13.8. The molecule has 0 spiro atoms. The van der Waals surface area contributed by atoms with Gasteiger partial charge in [0.2, 0.25) is 5.65 Å². The molecule has 0 unspecified atom stereocenters. The summed E-state index contributed by atoms with van der Waals surface area (Å²) < 4.78 is 58.1. The van der Waals surface area contributed by atoms with Gasteiger partial charge in [-0.15, -0.1) is 0 Å². The molecule has 1 fully saturated rings. The summed E-state index contributed by atoms with van der Waals surface area (Å²) in [4.78, 5) is 22.1. The predicted octanol–water partition coefficient (Wildman–Crippen LogP) is 3.01. The Labute approximate surface area is 185 Å². The van der Waals surface area contributed by atoms with Crippen molar-refractivity contribution >= 4 is 17.6 Å². The highest BCUT2D eigenvalue weighted by Crippen LogP contribution is 2.39. The van der Waals surface area contributed by atoms with Gasteiger partial charge in [-0.1, -0.05) is 0 Å². The van der Waals surface area contributed by atoms with Gasteiger partial charge in [0.15, 0.2) is 5.75 Å². The number of aliphatic hydroxyl groups is 1. The summed E-state index contributed by atoms with van der Waals surface area (Å²) in [5.74, 6) is -0.246. The number of nitrogens with zero attached hydrogens (tertiary/aromatic N) is 5. The van der Waals surface area contributed by atoms with Crippen LogP contribution in [0.25, 0.3) is 5.65 Å². The van der Waals surface area contributed by atoms with Gasteiger partial charge in [-0.3, -0.25) is 4.98 Å². The third-order valence-electron chi connectivity index (χ3n) is 5.44. The summed E-state index contributed by atoms with van der Waals surface area (Å²) in [5, 5.41) is 15.6. The van der Waals surface area contributed by atoms with Crippen molar-refractivity contribution in [2.24, 2.45) is 0 Å². The SMILES string of the molecule is C[C@H](NC(=O)Oc1cnn2ccc(N3[C@H](CO)CC[C@@H]3c3cncc(F)c3)nc12)C(F)(F)F. The van der Waals surface area contributed by atoms with Crippen molar-refractivity contribution in [2.75, 3.05) is 11.5 Å². The van der Waals surface area contributed by atoms with E-state index in [2.05, 4.69) is 15.1 Å². The number of ether oxygens (including phenoxy) is 1.